The van der Waals surface area contributed by atoms with Gasteiger partial charge in [0.2, 0.25) is 0 Å². The lowest BCUT2D eigenvalue weighted by Gasteiger charge is -2.07. The normalized spacial score (nSPS) is 18.9. The number of urea groups is 1. The third kappa shape index (κ3) is 2.04. The summed E-state index contributed by atoms with van der Waals surface area (Å²) < 4.78 is 0. The van der Waals surface area contributed by atoms with Crippen molar-refractivity contribution in [3.05, 3.63) is 35.0 Å². The number of halogens is 1. The number of aryl methyl sites for hydroxylation is 1. The molecule has 1 aromatic heterocycles. The van der Waals surface area contributed by atoms with Crippen LogP contribution in [0.25, 0.3) is 10.9 Å². The van der Waals surface area contributed by atoms with Crippen molar-refractivity contribution in [1.82, 2.24) is 15.2 Å². The molecule has 1 aliphatic rings. The van der Waals surface area contributed by atoms with E-state index in [0.29, 0.717) is 17.9 Å². The van der Waals surface area contributed by atoms with E-state index in [4.69, 9.17) is 11.6 Å². The van der Waals surface area contributed by atoms with Crippen LogP contribution in [-0.2, 0) is 11.2 Å². The second-order valence-electron chi connectivity index (χ2n) is 4.91. The van der Waals surface area contributed by atoms with Crippen molar-refractivity contribution >= 4 is 34.4 Å². The summed E-state index contributed by atoms with van der Waals surface area (Å²) in [5.41, 5.74) is 2.00. The summed E-state index contributed by atoms with van der Waals surface area (Å²) in [6, 6.07) is 4.96. The van der Waals surface area contributed by atoms with Crippen LogP contribution >= 0.6 is 11.6 Å². The highest BCUT2D eigenvalue weighted by Crippen LogP contribution is 2.26. The Hall–Kier alpha value is -2.01. The van der Waals surface area contributed by atoms with Crippen LogP contribution < -0.4 is 5.32 Å². The zero-order valence-electron chi connectivity index (χ0n) is 10.9. The highest BCUT2D eigenvalue weighted by Gasteiger charge is 2.34. The van der Waals surface area contributed by atoms with E-state index in [1.54, 1.807) is 0 Å². The van der Waals surface area contributed by atoms with Gasteiger partial charge in [0.05, 0.1) is 10.5 Å². The number of benzene rings is 1. The Labute approximate surface area is 120 Å². The number of nitrogens with one attached hydrogen (secondary N) is 2. The molecular weight excluding hydrogens is 278 g/mol. The number of hydrogen-bond acceptors (Lipinski definition) is 2. The van der Waals surface area contributed by atoms with E-state index < -0.39 is 6.04 Å². The Balaban J connectivity index is 1.77. The van der Waals surface area contributed by atoms with E-state index >= 15 is 0 Å². The van der Waals surface area contributed by atoms with Gasteiger partial charge in [0.25, 0.3) is 5.91 Å². The molecule has 0 aliphatic carbocycles. The number of nitrogens with zero attached hydrogens (tertiary/aromatic N) is 1. The molecule has 5 nitrogen and oxygen atoms in total. The fourth-order valence-corrected chi connectivity index (χ4v) is 2.75. The number of aromatic amines is 1. The molecule has 1 aliphatic heterocycles. The Morgan fingerprint density at radius 2 is 2.15 bits per heavy atom. The maximum atomic E-state index is 11.8. The Bertz CT molecular complexity index is 695. The summed E-state index contributed by atoms with van der Waals surface area (Å²) in [6.07, 6.45) is 3.18. The number of amides is 3. The van der Waals surface area contributed by atoms with E-state index in [1.165, 1.54) is 7.05 Å². The Kier molecular flexibility index (Phi) is 3.14. The topological polar surface area (TPSA) is 65.2 Å². The zero-order chi connectivity index (χ0) is 14.3. The minimum Gasteiger partial charge on any atom is -0.360 e. The second-order valence-corrected chi connectivity index (χ2v) is 5.32. The molecule has 1 aromatic carbocycles. The molecule has 20 heavy (non-hydrogen) atoms. The first-order valence-electron chi connectivity index (χ1n) is 6.40. The zero-order valence-corrected chi connectivity index (χ0v) is 11.7. The van der Waals surface area contributed by atoms with E-state index in [1.807, 2.05) is 24.4 Å². The number of carbonyl (C=O) groups is 2. The molecule has 1 unspecified atom stereocenters. The fraction of sp³-hybridized carbons (Fsp3) is 0.286. The number of imide groups is 1. The third-order valence-corrected chi connectivity index (χ3v) is 4.00. The average Bonchev–Trinajstić information content (AvgIpc) is 2.95. The fourth-order valence-electron chi connectivity index (χ4n) is 2.52. The highest BCUT2D eigenvalue weighted by atomic mass is 35.5. The molecule has 104 valence electrons. The first-order chi connectivity index (χ1) is 9.58. The lowest BCUT2D eigenvalue weighted by molar-refractivity contribution is -0.126. The molecule has 6 heteroatoms. The third-order valence-electron chi connectivity index (χ3n) is 3.68. The number of likely N-dealkylation sites (N-methyl/N-ethyl adjacent to an activating group) is 1. The molecule has 1 saturated heterocycles. The summed E-state index contributed by atoms with van der Waals surface area (Å²) >= 11 is 6.11. The second kappa shape index (κ2) is 4.83. The molecule has 0 saturated carbocycles. The Morgan fingerprint density at radius 1 is 1.35 bits per heavy atom. The maximum absolute atomic E-state index is 11.8. The van der Waals surface area contributed by atoms with Gasteiger partial charge in [-0.1, -0.05) is 23.7 Å². The maximum Gasteiger partial charge on any atom is 0.324 e. The van der Waals surface area contributed by atoms with Crippen molar-refractivity contribution in [2.45, 2.75) is 18.9 Å². The quantitative estimate of drug-likeness (QED) is 0.852. The van der Waals surface area contributed by atoms with Crippen LogP contribution in [-0.4, -0.2) is 34.9 Å². The van der Waals surface area contributed by atoms with Crippen LogP contribution in [0.4, 0.5) is 4.79 Å². The van der Waals surface area contributed by atoms with Gasteiger partial charge in [0.15, 0.2) is 0 Å². The monoisotopic (exact) mass is 291 g/mol. The van der Waals surface area contributed by atoms with Gasteiger partial charge in [-0.05, 0) is 24.5 Å². The van der Waals surface area contributed by atoms with Gasteiger partial charge in [0.1, 0.15) is 6.04 Å². The molecule has 3 rings (SSSR count). The smallest absolute Gasteiger partial charge is 0.324 e. The minimum atomic E-state index is -0.434. The van der Waals surface area contributed by atoms with Gasteiger partial charge in [-0.2, -0.15) is 0 Å². The predicted molar refractivity (Wildman–Crippen MR) is 76.7 cm³/mol. The average molecular weight is 292 g/mol. The van der Waals surface area contributed by atoms with E-state index in [9.17, 15) is 9.59 Å². The van der Waals surface area contributed by atoms with Crippen LogP contribution in [0, 0.1) is 0 Å². The summed E-state index contributed by atoms with van der Waals surface area (Å²) in [5, 5.41) is 4.41. The van der Waals surface area contributed by atoms with Crippen LogP contribution in [0.15, 0.2) is 24.4 Å². The first-order valence-corrected chi connectivity index (χ1v) is 6.78. The summed E-state index contributed by atoms with van der Waals surface area (Å²) in [5.74, 6) is -0.173. The number of hydrogen-bond donors (Lipinski definition) is 2. The van der Waals surface area contributed by atoms with Gasteiger partial charge in [0, 0.05) is 18.6 Å². The molecule has 3 amide bonds. The summed E-state index contributed by atoms with van der Waals surface area (Å²) in [7, 11) is 1.49. The van der Waals surface area contributed by atoms with E-state index in [0.717, 1.165) is 21.4 Å². The first kappa shape index (κ1) is 13.0. The molecule has 0 radical (unpaired) electrons. The van der Waals surface area contributed by atoms with Gasteiger partial charge in [-0.3, -0.25) is 9.69 Å². The van der Waals surface area contributed by atoms with Gasteiger partial charge < -0.3 is 10.3 Å². The number of rotatable bonds is 3. The number of fused-ring (bicyclic) bond motifs is 1. The lowest BCUT2D eigenvalue weighted by Crippen LogP contribution is -2.29. The van der Waals surface area contributed by atoms with Crippen molar-refractivity contribution in [3.63, 3.8) is 0 Å². The van der Waals surface area contributed by atoms with Crippen molar-refractivity contribution < 1.29 is 9.59 Å². The lowest BCUT2D eigenvalue weighted by atomic mass is 10.0. The van der Waals surface area contributed by atoms with Gasteiger partial charge >= 0.3 is 6.03 Å². The van der Waals surface area contributed by atoms with Gasteiger partial charge in [-0.25, -0.2) is 4.79 Å². The molecule has 2 aromatic rings. The van der Waals surface area contributed by atoms with Crippen molar-refractivity contribution in [2.24, 2.45) is 0 Å². The molecule has 1 fully saturated rings. The van der Waals surface area contributed by atoms with Crippen molar-refractivity contribution in [1.29, 1.82) is 0 Å². The minimum absolute atomic E-state index is 0.173. The molecule has 1 atom stereocenters. The largest absolute Gasteiger partial charge is 0.360 e. The van der Waals surface area contributed by atoms with E-state index in [2.05, 4.69) is 10.3 Å². The van der Waals surface area contributed by atoms with Crippen molar-refractivity contribution in [3.8, 4) is 0 Å². The SMILES string of the molecule is CN1C(=O)NC(CCc2c[nH]c3c(Cl)cccc23)C1=O. The number of aromatic nitrogens is 1. The molecule has 0 spiro atoms. The number of H-pyrrole nitrogens is 1. The summed E-state index contributed by atoms with van der Waals surface area (Å²) in [6.45, 7) is 0. The Morgan fingerprint density at radius 3 is 2.85 bits per heavy atom. The number of carbonyl (C=O) groups excluding carboxylic acids is 2. The summed E-state index contributed by atoms with van der Waals surface area (Å²) in [4.78, 5) is 27.5. The molecular formula is C14H14ClN3O2. The van der Waals surface area contributed by atoms with E-state index in [-0.39, 0.29) is 11.9 Å². The molecule has 2 heterocycles. The van der Waals surface area contributed by atoms with Crippen molar-refractivity contribution in [2.75, 3.05) is 7.05 Å². The van der Waals surface area contributed by atoms with Crippen LogP contribution in [0.5, 0.6) is 0 Å². The van der Waals surface area contributed by atoms with Crippen LogP contribution in [0.1, 0.15) is 12.0 Å². The molecule has 2 N–H and O–H groups in total. The number of para-hydroxylation sites is 1. The molecule has 0 bridgehead atoms. The van der Waals surface area contributed by atoms with Gasteiger partial charge in [-0.15, -0.1) is 0 Å². The predicted octanol–water partition coefficient (Wildman–Crippen LogP) is 2.30. The highest BCUT2D eigenvalue weighted by molar-refractivity contribution is 6.35. The standard InChI is InChI=1S/C14H14ClN3O2/c1-18-13(19)11(17-14(18)20)6-5-8-7-16-12-9(8)3-2-4-10(12)15/h2-4,7,11,16H,5-6H2,1H3,(H,17,20). The van der Waals surface area contributed by atoms with Crippen LogP contribution in [0.2, 0.25) is 5.02 Å². The van der Waals surface area contributed by atoms with Crippen LogP contribution in [0.3, 0.4) is 0 Å².